The molecule has 0 aliphatic heterocycles. The first-order valence-corrected chi connectivity index (χ1v) is 7.28. The summed E-state index contributed by atoms with van der Waals surface area (Å²) in [6.45, 7) is 0. The van der Waals surface area contributed by atoms with Crippen molar-refractivity contribution in [2.45, 2.75) is 0 Å². The van der Waals surface area contributed by atoms with Crippen LogP contribution >= 0.6 is 0 Å². The molecular weight excluding hydrogens is 358 g/mol. The van der Waals surface area contributed by atoms with Crippen molar-refractivity contribution in [3.05, 3.63) is 75.9 Å². The molecule has 0 bridgehead atoms. The van der Waals surface area contributed by atoms with Crippen molar-refractivity contribution in [1.82, 2.24) is 0 Å². The van der Waals surface area contributed by atoms with Crippen LogP contribution in [0.25, 0.3) is 12.2 Å². The van der Waals surface area contributed by atoms with Gasteiger partial charge in [0, 0.05) is 29.3 Å². The SMILES string of the molecule is O=C(O)C=Cc1cccc([N+](=O)[O-])c1O.O=C(O)C=Cc1ccccc1O. The van der Waals surface area contributed by atoms with Gasteiger partial charge in [0.25, 0.3) is 0 Å². The third kappa shape index (κ3) is 7.10. The lowest BCUT2D eigenvalue weighted by molar-refractivity contribution is -0.385. The molecule has 9 heteroatoms. The van der Waals surface area contributed by atoms with Gasteiger partial charge in [0.15, 0.2) is 0 Å². The molecule has 0 atom stereocenters. The summed E-state index contributed by atoms with van der Waals surface area (Å²) in [6, 6.07) is 10.4. The number of aromatic hydroxyl groups is 2. The fraction of sp³-hybridized carbons (Fsp3) is 0. The largest absolute Gasteiger partial charge is 0.507 e. The zero-order valence-corrected chi connectivity index (χ0v) is 13.7. The van der Waals surface area contributed by atoms with Crippen molar-refractivity contribution in [3.63, 3.8) is 0 Å². The van der Waals surface area contributed by atoms with E-state index >= 15 is 0 Å². The minimum Gasteiger partial charge on any atom is -0.507 e. The monoisotopic (exact) mass is 373 g/mol. The molecule has 0 aliphatic carbocycles. The Balaban J connectivity index is 0.000000277. The average Bonchev–Trinajstić information content (AvgIpc) is 2.60. The van der Waals surface area contributed by atoms with Crippen LogP contribution in [0, 0.1) is 10.1 Å². The number of rotatable bonds is 5. The zero-order valence-electron chi connectivity index (χ0n) is 13.7. The Bertz CT molecular complexity index is 902. The number of carboxylic acids is 2. The van der Waals surface area contributed by atoms with Crippen LogP contribution in [0.2, 0.25) is 0 Å². The smallest absolute Gasteiger partial charge is 0.328 e. The second-order valence-corrected chi connectivity index (χ2v) is 4.87. The fourth-order valence-corrected chi connectivity index (χ4v) is 1.78. The molecule has 9 nitrogen and oxygen atoms in total. The standard InChI is InChI=1S/C9H7NO5.C9H8O3/c11-8(12)5-4-6-2-1-3-7(9(6)13)10(14)15;10-8-4-2-1-3-7(8)5-6-9(11)12/h1-5,13H,(H,11,12);1-6,10H,(H,11,12). The summed E-state index contributed by atoms with van der Waals surface area (Å²) < 4.78 is 0. The Morgan fingerprint density at radius 1 is 0.852 bits per heavy atom. The Morgan fingerprint density at radius 3 is 1.89 bits per heavy atom. The molecule has 0 aromatic heterocycles. The summed E-state index contributed by atoms with van der Waals surface area (Å²) in [4.78, 5) is 30.0. The van der Waals surface area contributed by atoms with Gasteiger partial charge in [-0.15, -0.1) is 0 Å². The van der Waals surface area contributed by atoms with Crippen molar-refractivity contribution in [1.29, 1.82) is 0 Å². The number of benzene rings is 2. The van der Waals surface area contributed by atoms with Gasteiger partial charge in [-0.3, -0.25) is 10.1 Å². The second kappa shape index (κ2) is 9.99. The van der Waals surface area contributed by atoms with Crippen LogP contribution in [0.15, 0.2) is 54.6 Å². The minimum absolute atomic E-state index is 0.0787. The summed E-state index contributed by atoms with van der Waals surface area (Å²) >= 11 is 0. The molecule has 0 saturated carbocycles. The number of aliphatic carboxylic acids is 2. The lowest BCUT2D eigenvalue weighted by Crippen LogP contribution is -1.90. The van der Waals surface area contributed by atoms with Crippen LogP contribution in [-0.4, -0.2) is 37.3 Å². The van der Waals surface area contributed by atoms with E-state index < -0.39 is 28.3 Å². The number of carbonyl (C=O) groups is 2. The number of para-hydroxylation sites is 2. The van der Waals surface area contributed by atoms with E-state index in [-0.39, 0.29) is 11.3 Å². The Hall–Kier alpha value is -4.14. The maximum atomic E-state index is 10.4. The maximum Gasteiger partial charge on any atom is 0.328 e. The molecule has 2 rings (SSSR count). The molecule has 0 spiro atoms. The molecule has 0 radical (unpaired) electrons. The van der Waals surface area contributed by atoms with E-state index in [9.17, 15) is 29.9 Å². The van der Waals surface area contributed by atoms with E-state index in [1.807, 2.05) is 0 Å². The number of hydrogen-bond acceptors (Lipinski definition) is 6. The first kappa shape index (κ1) is 20.9. The molecule has 140 valence electrons. The van der Waals surface area contributed by atoms with Crippen molar-refractivity contribution < 1.29 is 34.9 Å². The molecule has 0 heterocycles. The molecule has 0 unspecified atom stereocenters. The van der Waals surface area contributed by atoms with Gasteiger partial charge in [-0.2, -0.15) is 0 Å². The maximum absolute atomic E-state index is 10.4. The number of nitrogens with zero attached hydrogens (tertiary/aromatic N) is 1. The highest BCUT2D eigenvalue weighted by Gasteiger charge is 2.14. The minimum atomic E-state index is -1.19. The second-order valence-electron chi connectivity index (χ2n) is 4.87. The van der Waals surface area contributed by atoms with E-state index in [0.717, 1.165) is 24.3 Å². The third-order valence-electron chi connectivity index (χ3n) is 2.99. The third-order valence-corrected chi connectivity index (χ3v) is 2.99. The summed E-state index contributed by atoms with van der Waals surface area (Å²) in [5, 5.41) is 45.6. The van der Waals surface area contributed by atoms with Crippen LogP contribution in [-0.2, 0) is 9.59 Å². The molecule has 27 heavy (non-hydrogen) atoms. The lowest BCUT2D eigenvalue weighted by atomic mass is 10.1. The number of nitro benzene ring substituents is 1. The number of carboxylic acid groups (broad SMARTS) is 2. The topological polar surface area (TPSA) is 158 Å². The van der Waals surface area contributed by atoms with E-state index in [0.29, 0.717) is 5.56 Å². The van der Waals surface area contributed by atoms with Crippen molar-refractivity contribution in [3.8, 4) is 11.5 Å². The summed E-state index contributed by atoms with van der Waals surface area (Å²) in [7, 11) is 0. The van der Waals surface area contributed by atoms with Gasteiger partial charge < -0.3 is 20.4 Å². The molecule has 2 aromatic carbocycles. The van der Waals surface area contributed by atoms with E-state index in [1.54, 1.807) is 18.2 Å². The molecule has 0 fully saturated rings. The normalized spacial score (nSPS) is 10.4. The molecular formula is C18H15NO8. The Labute approximate surface area is 152 Å². The van der Waals surface area contributed by atoms with Gasteiger partial charge >= 0.3 is 17.6 Å². The van der Waals surface area contributed by atoms with Crippen LogP contribution < -0.4 is 0 Å². The Morgan fingerprint density at radius 2 is 1.37 bits per heavy atom. The number of phenolic OH excluding ortho intramolecular Hbond substituents is 2. The van der Waals surface area contributed by atoms with Gasteiger partial charge in [-0.05, 0) is 18.2 Å². The number of nitro groups is 1. The van der Waals surface area contributed by atoms with Gasteiger partial charge in [0.05, 0.1) is 4.92 Å². The predicted octanol–water partition coefficient (Wildman–Crippen LogP) is 2.89. The molecule has 4 N–H and O–H groups in total. The fourth-order valence-electron chi connectivity index (χ4n) is 1.78. The average molecular weight is 373 g/mol. The number of hydrogen-bond donors (Lipinski definition) is 4. The van der Waals surface area contributed by atoms with Gasteiger partial charge in [0.1, 0.15) is 5.75 Å². The molecule has 0 saturated heterocycles. The van der Waals surface area contributed by atoms with Gasteiger partial charge in [0.2, 0.25) is 5.75 Å². The van der Waals surface area contributed by atoms with Crippen molar-refractivity contribution in [2.75, 3.05) is 0 Å². The van der Waals surface area contributed by atoms with Gasteiger partial charge in [-0.25, -0.2) is 9.59 Å². The quantitative estimate of drug-likeness (QED) is 0.354. The van der Waals surface area contributed by atoms with E-state index in [1.165, 1.54) is 24.3 Å². The molecule has 0 amide bonds. The summed E-state index contributed by atoms with van der Waals surface area (Å²) in [5.74, 6) is -2.69. The number of phenols is 2. The van der Waals surface area contributed by atoms with E-state index in [2.05, 4.69) is 0 Å². The van der Waals surface area contributed by atoms with Crippen molar-refractivity contribution in [2.24, 2.45) is 0 Å². The van der Waals surface area contributed by atoms with Crippen molar-refractivity contribution >= 4 is 29.8 Å². The first-order chi connectivity index (χ1) is 12.7. The van der Waals surface area contributed by atoms with E-state index in [4.69, 9.17) is 10.2 Å². The van der Waals surface area contributed by atoms with Crippen LogP contribution in [0.5, 0.6) is 11.5 Å². The highest BCUT2D eigenvalue weighted by atomic mass is 16.6. The molecule has 2 aromatic rings. The molecule has 0 aliphatic rings. The first-order valence-electron chi connectivity index (χ1n) is 7.28. The van der Waals surface area contributed by atoms with Gasteiger partial charge in [-0.1, -0.05) is 30.3 Å². The summed E-state index contributed by atoms with van der Waals surface area (Å²) in [6.07, 6.45) is 4.20. The highest BCUT2D eigenvalue weighted by Crippen LogP contribution is 2.29. The highest BCUT2D eigenvalue weighted by molar-refractivity contribution is 5.86. The zero-order chi connectivity index (χ0) is 20.4. The Kier molecular flexibility index (Phi) is 7.73. The van der Waals surface area contributed by atoms with Crippen LogP contribution in [0.3, 0.4) is 0 Å². The predicted molar refractivity (Wildman–Crippen MR) is 96.2 cm³/mol. The summed E-state index contributed by atoms with van der Waals surface area (Å²) in [5.41, 5.74) is 0.133. The van der Waals surface area contributed by atoms with Crippen LogP contribution in [0.1, 0.15) is 11.1 Å². The van der Waals surface area contributed by atoms with Crippen LogP contribution in [0.4, 0.5) is 5.69 Å². The lowest BCUT2D eigenvalue weighted by Gasteiger charge is -1.98.